The van der Waals surface area contributed by atoms with Gasteiger partial charge in [0.2, 0.25) is 12.2 Å². The van der Waals surface area contributed by atoms with Gasteiger partial charge in [0.1, 0.15) is 11.9 Å². The molecule has 0 bridgehead atoms. The summed E-state index contributed by atoms with van der Waals surface area (Å²) < 4.78 is 12.5. The van der Waals surface area contributed by atoms with Crippen LogP contribution >= 0.6 is 0 Å². The normalized spacial score (nSPS) is 23.3. The van der Waals surface area contributed by atoms with E-state index in [-0.39, 0.29) is 11.8 Å². The number of carbonyl (C=O) groups is 1. The van der Waals surface area contributed by atoms with Crippen molar-refractivity contribution in [1.82, 2.24) is 5.32 Å². The number of aliphatic hydroxyl groups is 2. The lowest BCUT2D eigenvalue weighted by molar-refractivity contribution is -0.293. The van der Waals surface area contributed by atoms with Crippen LogP contribution in [0.2, 0.25) is 0 Å². The number of hydrogen-bond acceptors (Lipinski definition) is 5. The van der Waals surface area contributed by atoms with E-state index < -0.39 is 24.1 Å². The monoisotopic (exact) mass is 479 g/mol. The molecule has 1 fully saturated rings. The van der Waals surface area contributed by atoms with Crippen LogP contribution in [0.4, 0.5) is 0 Å². The number of amides is 1. The molecule has 3 N–H and O–H groups in total. The van der Waals surface area contributed by atoms with Gasteiger partial charge in [0, 0.05) is 19.4 Å². The molecule has 2 aromatic carbocycles. The second-order valence-electron chi connectivity index (χ2n) is 9.35. The van der Waals surface area contributed by atoms with Crippen molar-refractivity contribution in [1.29, 1.82) is 0 Å². The van der Waals surface area contributed by atoms with Crippen molar-refractivity contribution in [2.75, 3.05) is 6.54 Å². The van der Waals surface area contributed by atoms with Gasteiger partial charge in [-0.3, -0.25) is 4.79 Å². The Morgan fingerprint density at radius 1 is 1.14 bits per heavy atom. The summed E-state index contributed by atoms with van der Waals surface area (Å²) >= 11 is 0. The molecule has 1 amide bonds. The SMILES string of the molecule is C=CCC1(CC=C)O[C@H](Oc2ccc(CCNC(C)=O)c(-c3cccc(C)c3)c2)[C@H](O)[C@H](O)[C@H]1C. The van der Waals surface area contributed by atoms with E-state index in [1.165, 1.54) is 6.92 Å². The molecule has 4 atom stereocenters. The van der Waals surface area contributed by atoms with Gasteiger partial charge in [-0.15, -0.1) is 13.2 Å². The number of hydrogen-bond donors (Lipinski definition) is 3. The molecule has 6 heteroatoms. The smallest absolute Gasteiger partial charge is 0.229 e. The van der Waals surface area contributed by atoms with Crippen LogP contribution in [0, 0.1) is 12.8 Å². The molecule has 35 heavy (non-hydrogen) atoms. The number of ether oxygens (including phenoxy) is 2. The van der Waals surface area contributed by atoms with E-state index in [0.29, 0.717) is 31.6 Å². The van der Waals surface area contributed by atoms with Gasteiger partial charge in [-0.1, -0.05) is 55.0 Å². The van der Waals surface area contributed by atoms with Crippen molar-refractivity contribution in [2.45, 2.75) is 64.1 Å². The quantitative estimate of drug-likeness (QED) is 0.442. The van der Waals surface area contributed by atoms with Gasteiger partial charge in [-0.25, -0.2) is 0 Å². The van der Waals surface area contributed by atoms with Crippen molar-refractivity contribution in [2.24, 2.45) is 5.92 Å². The van der Waals surface area contributed by atoms with Crippen LogP contribution in [-0.4, -0.2) is 46.8 Å². The first-order valence-electron chi connectivity index (χ1n) is 12.1. The predicted molar refractivity (Wildman–Crippen MR) is 138 cm³/mol. The average molecular weight is 480 g/mol. The maximum Gasteiger partial charge on any atom is 0.229 e. The molecule has 0 spiro atoms. The van der Waals surface area contributed by atoms with E-state index in [1.54, 1.807) is 12.2 Å². The van der Waals surface area contributed by atoms with Crippen molar-refractivity contribution in [3.8, 4) is 16.9 Å². The summed E-state index contributed by atoms with van der Waals surface area (Å²) in [5.41, 5.74) is 3.41. The fourth-order valence-electron chi connectivity index (χ4n) is 4.75. The van der Waals surface area contributed by atoms with Crippen LogP contribution in [0.3, 0.4) is 0 Å². The molecule has 0 aromatic heterocycles. The van der Waals surface area contributed by atoms with Gasteiger partial charge in [0.25, 0.3) is 0 Å². The number of aryl methyl sites for hydroxylation is 1. The molecule has 1 heterocycles. The number of benzene rings is 2. The van der Waals surface area contributed by atoms with Gasteiger partial charge >= 0.3 is 0 Å². The second kappa shape index (κ2) is 11.7. The van der Waals surface area contributed by atoms with Crippen LogP contribution in [0.15, 0.2) is 67.8 Å². The molecular formula is C29H37NO5. The molecule has 0 aliphatic carbocycles. The summed E-state index contributed by atoms with van der Waals surface area (Å²) in [6.45, 7) is 13.6. The first-order chi connectivity index (χ1) is 16.7. The molecule has 3 rings (SSSR count). The molecular weight excluding hydrogens is 442 g/mol. The fraction of sp³-hybridized carbons (Fsp3) is 0.414. The lowest BCUT2D eigenvalue weighted by Gasteiger charge is -2.49. The molecule has 1 aliphatic rings. The van der Waals surface area contributed by atoms with Gasteiger partial charge < -0.3 is 25.0 Å². The maximum atomic E-state index is 11.3. The highest BCUT2D eigenvalue weighted by Crippen LogP contribution is 2.41. The Labute approximate surface area is 208 Å². The van der Waals surface area contributed by atoms with Crippen molar-refractivity contribution >= 4 is 5.91 Å². The Balaban J connectivity index is 1.93. The standard InChI is InChI=1S/C29H37NO5/c1-6-14-29(15-7-2)20(4)26(32)27(33)28(35-29)34-24-12-11-22(13-16-30-21(5)31)25(18-24)23-10-8-9-19(3)17-23/h6-12,17-18,20,26-28,32-33H,1-2,13-16H2,3-5H3,(H,30,31)/t20-,26-,27-,28+/m1/s1. The molecule has 1 saturated heterocycles. The number of aliphatic hydroxyl groups excluding tert-OH is 2. The first-order valence-corrected chi connectivity index (χ1v) is 12.1. The Kier molecular flexibility index (Phi) is 8.89. The lowest BCUT2D eigenvalue weighted by Crippen LogP contribution is -2.61. The zero-order chi connectivity index (χ0) is 25.6. The van der Waals surface area contributed by atoms with Crippen molar-refractivity contribution < 1.29 is 24.5 Å². The summed E-state index contributed by atoms with van der Waals surface area (Å²) in [6, 6.07) is 13.9. The highest BCUT2D eigenvalue weighted by Gasteiger charge is 2.51. The summed E-state index contributed by atoms with van der Waals surface area (Å²) in [4.78, 5) is 11.3. The summed E-state index contributed by atoms with van der Waals surface area (Å²) in [6.07, 6.45) is 1.83. The van der Waals surface area contributed by atoms with Crippen LogP contribution in [0.5, 0.6) is 5.75 Å². The Morgan fingerprint density at radius 3 is 2.49 bits per heavy atom. The summed E-state index contributed by atoms with van der Waals surface area (Å²) in [5.74, 6) is 0.106. The third-order valence-corrected chi connectivity index (χ3v) is 6.73. The molecule has 0 radical (unpaired) electrons. The Morgan fingerprint density at radius 2 is 1.86 bits per heavy atom. The predicted octanol–water partition coefficient (Wildman–Crippen LogP) is 4.32. The van der Waals surface area contributed by atoms with Crippen molar-refractivity contribution in [3.05, 3.63) is 78.9 Å². The van der Waals surface area contributed by atoms with Gasteiger partial charge in [0.15, 0.2) is 0 Å². The molecule has 188 valence electrons. The first kappa shape index (κ1) is 26.7. The minimum atomic E-state index is -1.21. The third-order valence-electron chi connectivity index (χ3n) is 6.73. The molecule has 2 aromatic rings. The third kappa shape index (κ3) is 6.20. The number of carbonyl (C=O) groups excluding carboxylic acids is 1. The van der Waals surface area contributed by atoms with Gasteiger partial charge in [0.05, 0.1) is 11.7 Å². The zero-order valence-electron chi connectivity index (χ0n) is 20.9. The van der Waals surface area contributed by atoms with Gasteiger partial charge in [-0.05, 0) is 55.0 Å². The number of nitrogens with one attached hydrogen (secondary N) is 1. The molecule has 0 unspecified atom stereocenters. The highest BCUT2D eigenvalue weighted by molar-refractivity contribution is 5.73. The summed E-state index contributed by atoms with van der Waals surface area (Å²) in [7, 11) is 0. The van der Waals surface area contributed by atoms with Gasteiger partial charge in [-0.2, -0.15) is 0 Å². The zero-order valence-corrected chi connectivity index (χ0v) is 20.9. The minimum Gasteiger partial charge on any atom is -0.462 e. The van der Waals surface area contributed by atoms with E-state index in [2.05, 4.69) is 24.5 Å². The number of rotatable bonds is 10. The van der Waals surface area contributed by atoms with Crippen molar-refractivity contribution in [3.63, 3.8) is 0 Å². The molecule has 0 saturated carbocycles. The Hall–Kier alpha value is -2.93. The van der Waals surface area contributed by atoms with Crippen LogP contribution in [0.25, 0.3) is 11.1 Å². The van der Waals surface area contributed by atoms with E-state index in [0.717, 1.165) is 22.3 Å². The maximum absolute atomic E-state index is 11.3. The second-order valence-corrected chi connectivity index (χ2v) is 9.35. The lowest BCUT2D eigenvalue weighted by atomic mass is 9.75. The Bertz CT molecular complexity index is 1040. The molecule has 6 nitrogen and oxygen atoms in total. The highest BCUT2D eigenvalue weighted by atomic mass is 16.7. The topological polar surface area (TPSA) is 88.0 Å². The fourth-order valence-corrected chi connectivity index (χ4v) is 4.75. The van der Waals surface area contributed by atoms with E-state index in [9.17, 15) is 15.0 Å². The van der Waals surface area contributed by atoms with E-state index in [1.807, 2.05) is 50.2 Å². The average Bonchev–Trinajstić information content (AvgIpc) is 2.82. The van der Waals surface area contributed by atoms with Crippen LogP contribution in [-0.2, 0) is 16.0 Å². The summed E-state index contributed by atoms with van der Waals surface area (Å²) in [5, 5.41) is 24.5. The van der Waals surface area contributed by atoms with E-state index >= 15 is 0 Å². The van der Waals surface area contributed by atoms with Crippen LogP contribution < -0.4 is 10.1 Å². The largest absolute Gasteiger partial charge is 0.462 e. The molecule has 1 aliphatic heterocycles. The van der Waals surface area contributed by atoms with Crippen LogP contribution in [0.1, 0.15) is 37.8 Å². The minimum absolute atomic E-state index is 0.0687. The van der Waals surface area contributed by atoms with E-state index in [4.69, 9.17) is 9.47 Å².